The second-order valence-electron chi connectivity index (χ2n) is 8.15. The molecular formula is C25H28BrN3O3S. The van der Waals surface area contributed by atoms with Crippen LogP contribution in [0, 0.1) is 5.92 Å². The number of rotatable bonds is 11. The minimum atomic E-state index is -0.980. The molecule has 0 spiro atoms. The first-order valence-electron chi connectivity index (χ1n) is 10.8. The Bertz CT molecular complexity index is 1060. The molecule has 2 N–H and O–H groups in total. The van der Waals surface area contributed by atoms with Crippen molar-refractivity contribution in [2.45, 2.75) is 38.3 Å². The minimum absolute atomic E-state index is 0.00335. The molecule has 0 radical (unpaired) electrons. The summed E-state index contributed by atoms with van der Waals surface area (Å²) >= 11 is 7.79. The molecule has 3 aromatic rings. The molecule has 1 amide bonds. The Hall–Kier alpha value is -2.58. The van der Waals surface area contributed by atoms with Crippen LogP contribution in [0.15, 0.2) is 71.7 Å². The lowest BCUT2D eigenvalue weighted by Gasteiger charge is -2.26. The first-order chi connectivity index (χ1) is 15.9. The third kappa shape index (κ3) is 6.95. The number of halogens is 1. The zero-order chi connectivity index (χ0) is 23.8. The first-order valence-corrected chi connectivity index (χ1v) is 12.3. The second-order valence-corrected chi connectivity index (χ2v) is 9.37. The number of benzene rings is 2. The summed E-state index contributed by atoms with van der Waals surface area (Å²) in [5.41, 5.74) is 2.34. The van der Waals surface area contributed by atoms with Gasteiger partial charge >= 0.3 is 5.97 Å². The van der Waals surface area contributed by atoms with E-state index < -0.39 is 5.97 Å². The fourth-order valence-corrected chi connectivity index (χ4v) is 4.78. The van der Waals surface area contributed by atoms with Crippen molar-refractivity contribution in [1.82, 2.24) is 14.9 Å². The van der Waals surface area contributed by atoms with Crippen molar-refractivity contribution in [1.29, 1.82) is 0 Å². The largest absolute Gasteiger partial charge is 0.478 e. The molecule has 2 aromatic carbocycles. The number of amides is 1. The molecule has 0 saturated carbocycles. The highest BCUT2D eigenvalue weighted by atomic mass is 79.9. The molecule has 0 saturated heterocycles. The Kier molecular flexibility index (Phi) is 9.14. The average Bonchev–Trinajstić information content (AvgIpc) is 3.32. The molecule has 0 aliphatic carbocycles. The predicted octanol–water partition coefficient (Wildman–Crippen LogP) is 5.01. The van der Waals surface area contributed by atoms with Gasteiger partial charge in [0.15, 0.2) is 0 Å². The van der Waals surface area contributed by atoms with Crippen LogP contribution in [0.2, 0.25) is 0 Å². The SMILES string of the molecule is CC(CCC(=O)NC(CS)Cc1ccccc1)C(c1ccc(C(=O)O)c(Br)c1)n1ccnc1. The van der Waals surface area contributed by atoms with Crippen molar-refractivity contribution < 1.29 is 14.7 Å². The summed E-state index contributed by atoms with van der Waals surface area (Å²) in [7, 11) is 0. The molecule has 8 heteroatoms. The van der Waals surface area contributed by atoms with E-state index in [1.807, 2.05) is 53.2 Å². The molecular weight excluding hydrogens is 502 g/mol. The zero-order valence-electron chi connectivity index (χ0n) is 18.4. The standard InChI is InChI=1S/C25H28BrN3O3S/c1-17(7-10-23(30)28-20(15-33)13-18-5-3-2-4-6-18)24(29-12-11-27-16-29)19-8-9-21(25(31)32)22(26)14-19/h2-6,8-9,11-12,14,16-17,20,24,33H,7,10,13,15H2,1H3,(H,28,30)(H,31,32). The van der Waals surface area contributed by atoms with Crippen molar-refractivity contribution in [3.8, 4) is 0 Å². The van der Waals surface area contributed by atoms with Crippen molar-refractivity contribution in [3.63, 3.8) is 0 Å². The molecule has 0 fully saturated rings. The Balaban J connectivity index is 1.66. The number of hydrogen-bond donors (Lipinski definition) is 3. The summed E-state index contributed by atoms with van der Waals surface area (Å²) in [6.07, 6.45) is 7.15. The van der Waals surface area contributed by atoms with Gasteiger partial charge in [0.25, 0.3) is 0 Å². The number of carbonyl (C=O) groups is 2. The van der Waals surface area contributed by atoms with Gasteiger partial charge in [0, 0.05) is 35.1 Å². The van der Waals surface area contributed by atoms with E-state index in [9.17, 15) is 14.7 Å². The lowest BCUT2D eigenvalue weighted by molar-refractivity contribution is -0.122. The summed E-state index contributed by atoms with van der Waals surface area (Å²) in [5, 5.41) is 12.4. The molecule has 1 heterocycles. The van der Waals surface area contributed by atoms with Gasteiger partial charge in [-0.15, -0.1) is 0 Å². The van der Waals surface area contributed by atoms with Gasteiger partial charge in [-0.05, 0) is 57.9 Å². The van der Waals surface area contributed by atoms with Crippen LogP contribution < -0.4 is 5.32 Å². The van der Waals surface area contributed by atoms with E-state index >= 15 is 0 Å². The highest BCUT2D eigenvalue weighted by molar-refractivity contribution is 9.10. The quantitative estimate of drug-likeness (QED) is 0.305. The normalized spacial score (nSPS) is 13.8. The number of nitrogens with zero attached hydrogens (tertiary/aromatic N) is 2. The molecule has 3 atom stereocenters. The number of hydrogen-bond acceptors (Lipinski definition) is 4. The monoisotopic (exact) mass is 529 g/mol. The molecule has 33 heavy (non-hydrogen) atoms. The third-order valence-corrected chi connectivity index (χ3v) is 6.78. The van der Waals surface area contributed by atoms with E-state index in [4.69, 9.17) is 0 Å². The molecule has 0 bridgehead atoms. The smallest absolute Gasteiger partial charge is 0.336 e. The van der Waals surface area contributed by atoms with E-state index in [0.29, 0.717) is 23.1 Å². The summed E-state index contributed by atoms with van der Waals surface area (Å²) < 4.78 is 2.52. The molecule has 6 nitrogen and oxygen atoms in total. The Morgan fingerprint density at radius 2 is 1.97 bits per heavy atom. The van der Waals surface area contributed by atoms with Gasteiger partial charge in [0.2, 0.25) is 5.91 Å². The highest BCUT2D eigenvalue weighted by Crippen LogP contribution is 2.32. The molecule has 3 unspecified atom stereocenters. The van der Waals surface area contributed by atoms with E-state index in [0.717, 1.165) is 12.0 Å². The summed E-state index contributed by atoms with van der Waals surface area (Å²) in [6, 6.07) is 15.2. The maximum absolute atomic E-state index is 12.7. The topological polar surface area (TPSA) is 84.2 Å². The number of nitrogens with one attached hydrogen (secondary N) is 1. The number of aromatic nitrogens is 2. The number of carboxylic acid groups (broad SMARTS) is 1. The fourth-order valence-electron chi connectivity index (χ4n) is 3.99. The van der Waals surface area contributed by atoms with Crippen molar-refractivity contribution in [2.24, 2.45) is 5.92 Å². The summed E-state index contributed by atoms with van der Waals surface area (Å²) in [5.74, 6) is -0.302. The van der Waals surface area contributed by atoms with E-state index in [1.54, 1.807) is 18.6 Å². The van der Waals surface area contributed by atoms with Gasteiger partial charge in [-0.25, -0.2) is 9.78 Å². The number of carbonyl (C=O) groups excluding carboxylic acids is 1. The average molecular weight is 530 g/mol. The van der Waals surface area contributed by atoms with E-state index in [1.165, 1.54) is 5.56 Å². The maximum Gasteiger partial charge on any atom is 0.336 e. The molecule has 174 valence electrons. The maximum atomic E-state index is 12.7. The Morgan fingerprint density at radius 3 is 2.58 bits per heavy atom. The summed E-state index contributed by atoms with van der Waals surface area (Å²) in [4.78, 5) is 28.2. The van der Waals surface area contributed by atoms with Crippen LogP contribution in [0.25, 0.3) is 0 Å². The van der Waals surface area contributed by atoms with E-state index in [-0.39, 0.29) is 29.5 Å². The Morgan fingerprint density at radius 1 is 1.21 bits per heavy atom. The molecule has 0 aliphatic heterocycles. The molecule has 0 aliphatic rings. The van der Waals surface area contributed by atoms with Crippen LogP contribution in [-0.4, -0.2) is 38.3 Å². The van der Waals surface area contributed by atoms with Gasteiger partial charge in [0.1, 0.15) is 0 Å². The van der Waals surface area contributed by atoms with Crippen LogP contribution in [-0.2, 0) is 11.2 Å². The number of thiol groups is 1. The van der Waals surface area contributed by atoms with Crippen LogP contribution >= 0.6 is 28.6 Å². The predicted molar refractivity (Wildman–Crippen MR) is 136 cm³/mol. The van der Waals surface area contributed by atoms with E-state index in [2.05, 4.69) is 45.8 Å². The lowest BCUT2D eigenvalue weighted by atomic mass is 9.90. The third-order valence-electron chi connectivity index (χ3n) is 5.69. The van der Waals surface area contributed by atoms with Gasteiger partial charge in [-0.2, -0.15) is 12.6 Å². The number of imidazole rings is 1. The van der Waals surface area contributed by atoms with Crippen LogP contribution in [0.4, 0.5) is 0 Å². The lowest BCUT2D eigenvalue weighted by Crippen LogP contribution is -2.38. The van der Waals surface area contributed by atoms with Gasteiger partial charge in [-0.3, -0.25) is 4.79 Å². The van der Waals surface area contributed by atoms with Gasteiger partial charge in [0.05, 0.1) is 17.9 Å². The minimum Gasteiger partial charge on any atom is -0.478 e. The van der Waals surface area contributed by atoms with Crippen LogP contribution in [0.5, 0.6) is 0 Å². The van der Waals surface area contributed by atoms with Gasteiger partial charge in [-0.1, -0.05) is 43.3 Å². The molecule has 3 rings (SSSR count). The Labute approximate surface area is 208 Å². The number of carboxylic acids is 1. The first kappa shape index (κ1) is 25.1. The summed E-state index contributed by atoms with van der Waals surface area (Å²) in [6.45, 7) is 2.09. The second kappa shape index (κ2) is 12.0. The van der Waals surface area contributed by atoms with Crippen LogP contribution in [0.1, 0.15) is 47.3 Å². The van der Waals surface area contributed by atoms with Crippen molar-refractivity contribution in [3.05, 3.63) is 88.4 Å². The number of aromatic carboxylic acids is 1. The fraction of sp³-hybridized carbons (Fsp3) is 0.320. The van der Waals surface area contributed by atoms with Gasteiger partial charge < -0.3 is 15.0 Å². The van der Waals surface area contributed by atoms with Crippen LogP contribution in [0.3, 0.4) is 0 Å². The molecule has 1 aromatic heterocycles. The van der Waals surface area contributed by atoms with Crippen molar-refractivity contribution in [2.75, 3.05) is 5.75 Å². The van der Waals surface area contributed by atoms with Crippen molar-refractivity contribution >= 4 is 40.4 Å². The highest BCUT2D eigenvalue weighted by Gasteiger charge is 2.24. The zero-order valence-corrected chi connectivity index (χ0v) is 20.9.